The third kappa shape index (κ3) is 2.79. The molecule has 0 aromatic heterocycles. The molecule has 0 aliphatic rings. The van der Waals surface area contributed by atoms with Gasteiger partial charge < -0.3 is 10.6 Å². The number of carbonyl (C=O) groups is 1. The van der Waals surface area contributed by atoms with Crippen molar-refractivity contribution in [1.82, 2.24) is 0 Å². The quantitative estimate of drug-likeness (QED) is 0.872. The summed E-state index contributed by atoms with van der Waals surface area (Å²) in [5, 5.41) is 0. The standard InChI is InChI=1S/C16H17FN2O/c1-11(12-6-5-7-13(18)10-12)16(20)19(2)15-9-4-3-8-14(15)17/h3-11H,18H2,1-2H3. The molecule has 0 saturated carbocycles. The smallest absolute Gasteiger partial charge is 0.234 e. The summed E-state index contributed by atoms with van der Waals surface area (Å²) < 4.78 is 13.7. The van der Waals surface area contributed by atoms with Gasteiger partial charge in [0.05, 0.1) is 11.6 Å². The van der Waals surface area contributed by atoms with Crippen molar-refractivity contribution >= 4 is 17.3 Å². The van der Waals surface area contributed by atoms with Crippen LogP contribution >= 0.6 is 0 Å². The van der Waals surface area contributed by atoms with E-state index in [9.17, 15) is 9.18 Å². The largest absolute Gasteiger partial charge is 0.399 e. The summed E-state index contributed by atoms with van der Waals surface area (Å²) in [6, 6.07) is 13.4. The topological polar surface area (TPSA) is 46.3 Å². The molecule has 1 atom stereocenters. The van der Waals surface area contributed by atoms with Gasteiger partial charge in [0.15, 0.2) is 0 Å². The molecule has 1 amide bonds. The molecule has 0 aliphatic carbocycles. The van der Waals surface area contributed by atoms with Crippen molar-refractivity contribution in [2.45, 2.75) is 12.8 Å². The maximum atomic E-state index is 13.7. The van der Waals surface area contributed by atoms with Crippen molar-refractivity contribution in [2.75, 3.05) is 17.7 Å². The molecule has 1 unspecified atom stereocenters. The number of benzene rings is 2. The van der Waals surface area contributed by atoms with Gasteiger partial charge in [-0.05, 0) is 36.8 Å². The maximum absolute atomic E-state index is 13.7. The maximum Gasteiger partial charge on any atom is 0.234 e. The number of carbonyl (C=O) groups excluding carboxylic acids is 1. The Bertz CT molecular complexity index is 627. The first-order valence-electron chi connectivity index (χ1n) is 6.38. The average molecular weight is 272 g/mol. The van der Waals surface area contributed by atoms with Crippen LogP contribution in [-0.2, 0) is 4.79 Å². The third-order valence-corrected chi connectivity index (χ3v) is 3.33. The van der Waals surface area contributed by atoms with Crippen LogP contribution in [0.2, 0.25) is 0 Å². The van der Waals surface area contributed by atoms with Crippen LogP contribution in [0.3, 0.4) is 0 Å². The molecule has 2 aromatic carbocycles. The molecule has 0 fully saturated rings. The zero-order valence-corrected chi connectivity index (χ0v) is 11.5. The van der Waals surface area contributed by atoms with E-state index in [1.54, 1.807) is 50.4 Å². The van der Waals surface area contributed by atoms with E-state index < -0.39 is 5.82 Å². The summed E-state index contributed by atoms with van der Waals surface area (Å²) in [6.07, 6.45) is 0. The first-order valence-corrected chi connectivity index (χ1v) is 6.38. The number of para-hydroxylation sites is 1. The third-order valence-electron chi connectivity index (χ3n) is 3.33. The number of nitrogen functional groups attached to an aromatic ring is 1. The molecule has 2 rings (SSSR count). The fourth-order valence-electron chi connectivity index (χ4n) is 2.10. The normalized spacial score (nSPS) is 11.9. The fraction of sp³-hybridized carbons (Fsp3) is 0.188. The van der Waals surface area contributed by atoms with Crippen LogP contribution < -0.4 is 10.6 Å². The van der Waals surface area contributed by atoms with Gasteiger partial charge in [-0.15, -0.1) is 0 Å². The van der Waals surface area contributed by atoms with Gasteiger partial charge in [-0.3, -0.25) is 4.79 Å². The Hall–Kier alpha value is -2.36. The summed E-state index contributed by atoms with van der Waals surface area (Å²) >= 11 is 0. The minimum absolute atomic E-state index is 0.180. The second kappa shape index (κ2) is 5.74. The van der Waals surface area contributed by atoms with E-state index in [0.717, 1.165) is 5.56 Å². The molecule has 104 valence electrons. The van der Waals surface area contributed by atoms with E-state index >= 15 is 0 Å². The first kappa shape index (κ1) is 14.1. The molecule has 2 aromatic rings. The van der Waals surface area contributed by atoms with Crippen LogP contribution in [0.4, 0.5) is 15.8 Å². The highest BCUT2D eigenvalue weighted by atomic mass is 19.1. The molecular weight excluding hydrogens is 255 g/mol. The van der Waals surface area contributed by atoms with E-state index in [1.807, 2.05) is 6.07 Å². The fourth-order valence-corrected chi connectivity index (χ4v) is 2.10. The van der Waals surface area contributed by atoms with Gasteiger partial charge in [0.2, 0.25) is 5.91 Å². The highest BCUT2D eigenvalue weighted by molar-refractivity contribution is 5.97. The van der Waals surface area contributed by atoms with Gasteiger partial charge in [0.25, 0.3) is 0 Å². The Morgan fingerprint density at radius 3 is 2.55 bits per heavy atom. The molecule has 20 heavy (non-hydrogen) atoms. The van der Waals surface area contributed by atoms with E-state index in [4.69, 9.17) is 5.73 Å². The lowest BCUT2D eigenvalue weighted by molar-refractivity contribution is -0.119. The molecule has 4 heteroatoms. The van der Waals surface area contributed by atoms with Crippen LogP contribution in [0.15, 0.2) is 48.5 Å². The van der Waals surface area contributed by atoms with E-state index in [0.29, 0.717) is 5.69 Å². The Labute approximate surface area is 117 Å². The van der Waals surface area contributed by atoms with E-state index in [1.165, 1.54) is 11.0 Å². The monoisotopic (exact) mass is 272 g/mol. The lowest BCUT2D eigenvalue weighted by atomic mass is 9.99. The first-order chi connectivity index (χ1) is 9.50. The van der Waals surface area contributed by atoms with Crippen molar-refractivity contribution in [3.63, 3.8) is 0 Å². The number of hydrogen-bond acceptors (Lipinski definition) is 2. The van der Waals surface area contributed by atoms with Gasteiger partial charge >= 0.3 is 0 Å². The zero-order chi connectivity index (χ0) is 14.7. The number of halogens is 1. The summed E-state index contributed by atoms with van der Waals surface area (Å²) in [5.41, 5.74) is 7.42. The molecule has 0 bridgehead atoms. The lowest BCUT2D eigenvalue weighted by Gasteiger charge is -2.22. The lowest BCUT2D eigenvalue weighted by Crippen LogP contribution is -2.31. The van der Waals surface area contributed by atoms with Crippen LogP contribution in [0.25, 0.3) is 0 Å². The average Bonchev–Trinajstić information content (AvgIpc) is 2.45. The molecule has 2 N–H and O–H groups in total. The number of hydrogen-bond donors (Lipinski definition) is 1. The SMILES string of the molecule is CC(C(=O)N(C)c1ccccc1F)c1cccc(N)c1. The summed E-state index contributed by atoms with van der Waals surface area (Å²) in [6.45, 7) is 1.79. The molecule has 0 spiro atoms. The molecule has 3 nitrogen and oxygen atoms in total. The number of nitrogens with zero attached hydrogens (tertiary/aromatic N) is 1. The number of likely N-dealkylation sites (N-methyl/N-ethyl adjacent to an activating group) is 1. The summed E-state index contributed by atoms with van der Waals surface area (Å²) in [4.78, 5) is 13.8. The second-order valence-electron chi connectivity index (χ2n) is 4.74. The van der Waals surface area contributed by atoms with Crippen LogP contribution in [0, 0.1) is 5.82 Å². The van der Waals surface area contributed by atoms with Crippen molar-refractivity contribution in [3.05, 3.63) is 59.9 Å². The van der Waals surface area contributed by atoms with Crippen LogP contribution in [-0.4, -0.2) is 13.0 Å². The summed E-state index contributed by atoms with van der Waals surface area (Å²) in [7, 11) is 1.57. The van der Waals surface area contributed by atoms with Gasteiger partial charge in [-0.2, -0.15) is 0 Å². The van der Waals surface area contributed by atoms with Gasteiger partial charge in [-0.1, -0.05) is 24.3 Å². The highest BCUT2D eigenvalue weighted by Crippen LogP contribution is 2.24. The van der Waals surface area contributed by atoms with E-state index in [2.05, 4.69) is 0 Å². The molecule has 0 aliphatic heterocycles. The van der Waals surface area contributed by atoms with Gasteiger partial charge in [0, 0.05) is 12.7 Å². The predicted molar refractivity (Wildman–Crippen MR) is 79.1 cm³/mol. The molecule has 0 heterocycles. The number of nitrogens with two attached hydrogens (primary N) is 1. The number of anilines is 2. The van der Waals surface area contributed by atoms with Gasteiger partial charge in [0.1, 0.15) is 5.82 Å². The number of amides is 1. The van der Waals surface area contributed by atoms with Gasteiger partial charge in [-0.25, -0.2) is 4.39 Å². The Morgan fingerprint density at radius 1 is 1.20 bits per heavy atom. The molecule has 0 saturated heterocycles. The van der Waals surface area contributed by atoms with Crippen molar-refractivity contribution < 1.29 is 9.18 Å². The van der Waals surface area contributed by atoms with Crippen molar-refractivity contribution in [1.29, 1.82) is 0 Å². The van der Waals surface area contributed by atoms with Crippen LogP contribution in [0.1, 0.15) is 18.4 Å². The minimum atomic E-state index is -0.414. The Kier molecular flexibility index (Phi) is 4.03. The number of rotatable bonds is 3. The van der Waals surface area contributed by atoms with Crippen molar-refractivity contribution in [2.24, 2.45) is 0 Å². The minimum Gasteiger partial charge on any atom is -0.399 e. The summed E-state index contributed by atoms with van der Waals surface area (Å²) in [5.74, 6) is -0.980. The second-order valence-corrected chi connectivity index (χ2v) is 4.74. The van der Waals surface area contributed by atoms with Crippen LogP contribution in [0.5, 0.6) is 0 Å². The van der Waals surface area contributed by atoms with E-state index in [-0.39, 0.29) is 17.5 Å². The Balaban J connectivity index is 2.25. The molecular formula is C16H17FN2O. The Morgan fingerprint density at radius 2 is 1.90 bits per heavy atom. The zero-order valence-electron chi connectivity index (χ0n) is 11.5. The highest BCUT2D eigenvalue weighted by Gasteiger charge is 2.22. The predicted octanol–water partition coefficient (Wildman–Crippen LogP) is 3.17. The molecule has 0 radical (unpaired) electrons. The van der Waals surface area contributed by atoms with Crippen molar-refractivity contribution in [3.8, 4) is 0 Å².